The summed E-state index contributed by atoms with van der Waals surface area (Å²) in [7, 11) is 3.41. The van der Waals surface area contributed by atoms with Crippen molar-refractivity contribution in [2.45, 2.75) is 13.5 Å². The number of hydrogen-bond acceptors (Lipinski definition) is 4. The van der Waals surface area contributed by atoms with E-state index in [1.807, 2.05) is 31.2 Å². The van der Waals surface area contributed by atoms with Crippen LogP contribution >= 0.6 is 0 Å². The zero-order valence-corrected chi connectivity index (χ0v) is 12.1. The third-order valence-corrected chi connectivity index (χ3v) is 3.25. The number of carbonyl (C=O) groups is 1. The first-order valence-electron chi connectivity index (χ1n) is 6.65. The Morgan fingerprint density at radius 3 is 2.95 bits per heavy atom. The van der Waals surface area contributed by atoms with Crippen molar-refractivity contribution >= 4 is 16.9 Å². The van der Waals surface area contributed by atoms with E-state index in [1.54, 1.807) is 19.1 Å². The van der Waals surface area contributed by atoms with Gasteiger partial charge in [-0.15, -0.1) is 0 Å². The van der Waals surface area contributed by atoms with E-state index in [9.17, 15) is 4.79 Å². The summed E-state index contributed by atoms with van der Waals surface area (Å²) in [5.74, 6) is 1.58. The Labute approximate surface area is 118 Å². The minimum Gasteiger partial charge on any atom is -0.493 e. The van der Waals surface area contributed by atoms with Crippen LogP contribution in [-0.2, 0) is 11.3 Å². The number of ether oxygens (including phenoxy) is 1. The average Bonchev–Trinajstić information content (AvgIpc) is 2.88. The van der Waals surface area contributed by atoms with Crippen molar-refractivity contribution in [1.82, 2.24) is 10.2 Å². The fraction of sp³-hybridized carbons (Fsp3) is 0.400. The molecule has 1 aromatic heterocycles. The molecule has 0 aliphatic heterocycles. The van der Waals surface area contributed by atoms with E-state index in [1.165, 1.54) is 0 Å². The van der Waals surface area contributed by atoms with Gasteiger partial charge in [-0.1, -0.05) is 12.1 Å². The first-order chi connectivity index (χ1) is 9.65. The van der Waals surface area contributed by atoms with Gasteiger partial charge in [0.2, 0.25) is 5.91 Å². The number of carbonyl (C=O) groups excluding carboxylic acids is 1. The molecular weight excluding hydrogens is 256 g/mol. The number of benzene rings is 1. The van der Waals surface area contributed by atoms with Gasteiger partial charge in [0.15, 0.2) is 11.3 Å². The monoisotopic (exact) mass is 276 g/mol. The van der Waals surface area contributed by atoms with Crippen molar-refractivity contribution in [3.05, 3.63) is 30.0 Å². The second kappa shape index (κ2) is 6.43. The molecule has 1 heterocycles. The van der Waals surface area contributed by atoms with Gasteiger partial charge in [-0.25, -0.2) is 0 Å². The first kappa shape index (κ1) is 14.4. The molecule has 0 fully saturated rings. The summed E-state index contributed by atoms with van der Waals surface area (Å²) >= 11 is 0. The number of amides is 1. The summed E-state index contributed by atoms with van der Waals surface area (Å²) < 4.78 is 11.0. The first-order valence-corrected chi connectivity index (χ1v) is 6.65. The lowest BCUT2D eigenvalue weighted by atomic mass is 10.2. The third-order valence-electron chi connectivity index (χ3n) is 3.25. The van der Waals surface area contributed by atoms with Gasteiger partial charge in [0, 0.05) is 19.0 Å². The van der Waals surface area contributed by atoms with Crippen LogP contribution in [0.3, 0.4) is 0 Å². The van der Waals surface area contributed by atoms with E-state index < -0.39 is 0 Å². The number of rotatable bonds is 6. The van der Waals surface area contributed by atoms with Gasteiger partial charge in [-0.05, 0) is 19.1 Å². The Morgan fingerprint density at radius 2 is 2.25 bits per heavy atom. The van der Waals surface area contributed by atoms with Gasteiger partial charge in [-0.2, -0.15) is 0 Å². The fourth-order valence-electron chi connectivity index (χ4n) is 1.94. The van der Waals surface area contributed by atoms with Crippen LogP contribution in [0.5, 0.6) is 5.75 Å². The highest BCUT2D eigenvalue weighted by atomic mass is 16.5. The van der Waals surface area contributed by atoms with Crippen molar-refractivity contribution in [1.29, 1.82) is 0 Å². The van der Waals surface area contributed by atoms with Crippen LogP contribution < -0.4 is 10.1 Å². The molecule has 2 aromatic rings. The molecule has 20 heavy (non-hydrogen) atoms. The summed E-state index contributed by atoms with van der Waals surface area (Å²) in [5.41, 5.74) is 0.740. The highest BCUT2D eigenvalue weighted by molar-refractivity contribution is 5.83. The minimum absolute atomic E-state index is 0.0705. The smallest absolute Gasteiger partial charge is 0.236 e. The summed E-state index contributed by atoms with van der Waals surface area (Å²) in [6, 6.07) is 7.72. The molecule has 0 saturated carbocycles. The van der Waals surface area contributed by atoms with E-state index in [0.717, 1.165) is 22.5 Å². The molecule has 0 spiro atoms. The van der Waals surface area contributed by atoms with Crippen LogP contribution in [0.15, 0.2) is 28.7 Å². The minimum atomic E-state index is 0.0705. The van der Waals surface area contributed by atoms with Crippen LogP contribution in [0.4, 0.5) is 0 Å². The number of para-hydroxylation sites is 1. The standard InChI is InChI=1S/C15H20N2O3/c1-4-17(2)14(18)10-16-9-12-8-11-6-5-7-13(19-3)15(11)20-12/h5-8,16H,4,9-10H2,1-3H3. The highest BCUT2D eigenvalue weighted by Gasteiger charge is 2.09. The number of nitrogens with zero attached hydrogens (tertiary/aromatic N) is 1. The van der Waals surface area contributed by atoms with Crippen LogP contribution in [-0.4, -0.2) is 38.1 Å². The van der Waals surface area contributed by atoms with E-state index in [-0.39, 0.29) is 5.91 Å². The molecule has 1 aromatic carbocycles. The third kappa shape index (κ3) is 3.11. The Kier molecular flexibility index (Phi) is 4.63. The van der Waals surface area contributed by atoms with E-state index in [0.29, 0.717) is 19.6 Å². The average molecular weight is 276 g/mol. The lowest BCUT2D eigenvalue weighted by molar-refractivity contribution is -0.128. The molecule has 5 nitrogen and oxygen atoms in total. The summed E-state index contributed by atoms with van der Waals surface area (Å²) in [6.07, 6.45) is 0. The summed E-state index contributed by atoms with van der Waals surface area (Å²) in [5, 5.41) is 4.09. The molecule has 108 valence electrons. The second-order valence-electron chi connectivity index (χ2n) is 4.60. The van der Waals surface area contributed by atoms with Gasteiger partial charge < -0.3 is 19.4 Å². The number of furan rings is 1. The Bertz CT molecular complexity index is 592. The zero-order valence-electron chi connectivity index (χ0n) is 12.1. The van der Waals surface area contributed by atoms with Crippen LogP contribution in [0.1, 0.15) is 12.7 Å². The Hall–Kier alpha value is -2.01. The molecule has 2 rings (SSSR count). The van der Waals surface area contributed by atoms with Crippen molar-refractivity contribution in [3.63, 3.8) is 0 Å². The molecule has 0 bridgehead atoms. The SMILES string of the molecule is CCN(C)C(=O)CNCc1cc2cccc(OC)c2o1. The van der Waals surface area contributed by atoms with Crippen molar-refractivity contribution in [2.75, 3.05) is 27.2 Å². The van der Waals surface area contributed by atoms with Crippen LogP contribution in [0, 0.1) is 0 Å². The quantitative estimate of drug-likeness (QED) is 0.877. The molecule has 1 amide bonds. The van der Waals surface area contributed by atoms with Gasteiger partial charge in [-0.3, -0.25) is 4.79 Å². The van der Waals surface area contributed by atoms with Gasteiger partial charge in [0.25, 0.3) is 0 Å². The number of hydrogen-bond donors (Lipinski definition) is 1. The van der Waals surface area contributed by atoms with Gasteiger partial charge in [0.1, 0.15) is 5.76 Å². The maximum atomic E-state index is 11.6. The highest BCUT2D eigenvalue weighted by Crippen LogP contribution is 2.28. The van der Waals surface area contributed by atoms with Crippen molar-refractivity contribution in [2.24, 2.45) is 0 Å². The second-order valence-corrected chi connectivity index (χ2v) is 4.60. The lowest BCUT2D eigenvalue weighted by Gasteiger charge is -2.14. The van der Waals surface area contributed by atoms with E-state index >= 15 is 0 Å². The van der Waals surface area contributed by atoms with Gasteiger partial charge in [0.05, 0.1) is 20.2 Å². The summed E-state index contributed by atoms with van der Waals surface area (Å²) in [6.45, 7) is 3.48. The molecular formula is C15H20N2O3. The normalized spacial score (nSPS) is 10.8. The predicted molar refractivity (Wildman–Crippen MR) is 77.8 cm³/mol. The molecule has 0 aliphatic carbocycles. The largest absolute Gasteiger partial charge is 0.493 e. The van der Waals surface area contributed by atoms with Crippen molar-refractivity contribution in [3.8, 4) is 5.75 Å². The summed E-state index contributed by atoms with van der Waals surface area (Å²) in [4.78, 5) is 13.3. The molecule has 5 heteroatoms. The maximum Gasteiger partial charge on any atom is 0.236 e. The molecule has 0 saturated heterocycles. The molecule has 0 atom stereocenters. The van der Waals surface area contributed by atoms with Gasteiger partial charge >= 0.3 is 0 Å². The Balaban J connectivity index is 1.99. The predicted octanol–water partition coefficient (Wildman–Crippen LogP) is 2.01. The van der Waals surface area contributed by atoms with E-state index in [2.05, 4.69) is 5.32 Å². The van der Waals surface area contributed by atoms with E-state index in [4.69, 9.17) is 9.15 Å². The fourth-order valence-corrected chi connectivity index (χ4v) is 1.94. The number of likely N-dealkylation sites (N-methyl/N-ethyl adjacent to an activating group) is 1. The zero-order chi connectivity index (χ0) is 14.5. The molecule has 0 aliphatic rings. The van der Waals surface area contributed by atoms with Crippen LogP contribution in [0.2, 0.25) is 0 Å². The van der Waals surface area contributed by atoms with Crippen molar-refractivity contribution < 1.29 is 13.9 Å². The lowest BCUT2D eigenvalue weighted by Crippen LogP contribution is -2.35. The maximum absolute atomic E-state index is 11.6. The molecule has 0 unspecified atom stereocenters. The molecule has 0 radical (unpaired) electrons. The molecule has 1 N–H and O–H groups in total. The number of methoxy groups -OCH3 is 1. The topological polar surface area (TPSA) is 54.7 Å². The Morgan fingerprint density at radius 1 is 1.45 bits per heavy atom. The van der Waals surface area contributed by atoms with Crippen LogP contribution in [0.25, 0.3) is 11.0 Å². The number of nitrogens with one attached hydrogen (secondary N) is 1. The number of fused-ring (bicyclic) bond motifs is 1.